The predicted octanol–water partition coefficient (Wildman–Crippen LogP) is 3.23. The molecule has 3 rings (SSSR count). The van der Waals surface area contributed by atoms with Crippen molar-refractivity contribution < 1.29 is 23.8 Å². The molecule has 2 unspecified atom stereocenters. The summed E-state index contributed by atoms with van der Waals surface area (Å²) in [5.41, 5.74) is 5.19. The molecule has 0 bridgehead atoms. The van der Waals surface area contributed by atoms with Gasteiger partial charge in [0.1, 0.15) is 11.9 Å². The molecule has 2 heterocycles. The van der Waals surface area contributed by atoms with Crippen molar-refractivity contribution in [3.63, 3.8) is 0 Å². The van der Waals surface area contributed by atoms with E-state index in [9.17, 15) is 14.3 Å². The molecular weight excluding hydrogens is 443 g/mol. The van der Waals surface area contributed by atoms with Gasteiger partial charge in [-0.25, -0.2) is 14.2 Å². The number of aliphatic hydroxyl groups excluding tert-OH is 1. The number of amides is 1. The van der Waals surface area contributed by atoms with Crippen molar-refractivity contribution in [2.24, 2.45) is 11.1 Å². The summed E-state index contributed by atoms with van der Waals surface area (Å²) in [6.45, 7) is 5.21. The molecule has 3 N–H and O–H groups in total. The fourth-order valence-electron chi connectivity index (χ4n) is 3.17. The number of benzene rings is 1. The molecule has 12 heteroatoms. The van der Waals surface area contributed by atoms with Crippen LogP contribution < -0.4 is 10.5 Å². The first-order valence-corrected chi connectivity index (χ1v) is 9.92. The van der Waals surface area contributed by atoms with E-state index in [0.717, 1.165) is 6.07 Å². The summed E-state index contributed by atoms with van der Waals surface area (Å²) in [6, 6.07) is 7.56. The SMILES string of the molecule is CC(C)(C)C(c1nnn(-c2ccc(Oc3ncc(Cl)cc3F)cc2)n1)C(CO)OC(N)=O. The van der Waals surface area contributed by atoms with E-state index in [2.05, 4.69) is 20.4 Å². The largest absolute Gasteiger partial charge is 0.443 e. The number of ether oxygens (including phenoxy) is 2. The number of hydrogen-bond donors (Lipinski definition) is 2. The van der Waals surface area contributed by atoms with Gasteiger partial charge in [0.15, 0.2) is 11.6 Å². The molecular formula is C20H22ClFN6O4. The Morgan fingerprint density at radius 1 is 1.31 bits per heavy atom. The number of halogens is 2. The maximum absolute atomic E-state index is 13.9. The first-order chi connectivity index (χ1) is 15.1. The third kappa shape index (κ3) is 5.48. The molecule has 0 saturated heterocycles. The number of hydrogen-bond acceptors (Lipinski definition) is 8. The van der Waals surface area contributed by atoms with Gasteiger partial charge in [-0.1, -0.05) is 32.4 Å². The maximum Gasteiger partial charge on any atom is 0.404 e. The minimum Gasteiger partial charge on any atom is -0.443 e. The Labute approximate surface area is 188 Å². The van der Waals surface area contributed by atoms with E-state index < -0.39 is 36.0 Å². The average Bonchev–Trinajstić information content (AvgIpc) is 3.18. The summed E-state index contributed by atoms with van der Waals surface area (Å²) in [5.74, 6) is -0.860. The summed E-state index contributed by atoms with van der Waals surface area (Å²) in [7, 11) is 0. The number of aliphatic hydroxyl groups is 1. The summed E-state index contributed by atoms with van der Waals surface area (Å²) in [5, 5.41) is 22.4. The molecule has 0 aliphatic heterocycles. The van der Waals surface area contributed by atoms with Crippen LogP contribution >= 0.6 is 11.6 Å². The van der Waals surface area contributed by atoms with Crippen LogP contribution in [-0.2, 0) is 4.74 Å². The molecule has 3 aromatic rings. The van der Waals surface area contributed by atoms with Crippen molar-refractivity contribution in [3.05, 3.63) is 53.2 Å². The van der Waals surface area contributed by atoms with Crippen LogP contribution in [0, 0.1) is 11.2 Å². The van der Waals surface area contributed by atoms with Gasteiger partial charge < -0.3 is 20.3 Å². The van der Waals surface area contributed by atoms with Gasteiger partial charge in [0.05, 0.1) is 23.2 Å². The fraction of sp³-hybridized carbons (Fsp3) is 0.350. The van der Waals surface area contributed by atoms with Crippen LogP contribution in [0.15, 0.2) is 36.5 Å². The van der Waals surface area contributed by atoms with Crippen molar-refractivity contribution >= 4 is 17.7 Å². The molecule has 0 fully saturated rings. The quantitative estimate of drug-likeness (QED) is 0.543. The van der Waals surface area contributed by atoms with Crippen LogP contribution in [0.25, 0.3) is 5.69 Å². The Hall–Kier alpha value is -3.31. The van der Waals surface area contributed by atoms with Crippen molar-refractivity contribution in [1.29, 1.82) is 0 Å². The molecule has 0 aliphatic rings. The van der Waals surface area contributed by atoms with E-state index in [1.165, 1.54) is 11.0 Å². The molecule has 10 nitrogen and oxygen atoms in total. The summed E-state index contributed by atoms with van der Waals surface area (Å²) < 4.78 is 24.4. The fourth-order valence-corrected chi connectivity index (χ4v) is 3.31. The highest BCUT2D eigenvalue weighted by molar-refractivity contribution is 6.30. The summed E-state index contributed by atoms with van der Waals surface area (Å²) in [6.07, 6.45) is -0.668. The van der Waals surface area contributed by atoms with E-state index in [4.69, 9.17) is 26.8 Å². The van der Waals surface area contributed by atoms with Gasteiger partial charge in [-0.05, 0) is 41.0 Å². The van der Waals surface area contributed by atoms with Crippen LogP contribution in [0.4, 0.5) is 9.18 Å². The molecule has 0 saturated carbocycles. The number of nitrogens with two attached hydrogens (primary N) is 1. The predicted molar refractivity (Wildman–Crippen MR) is 112 cm³/mol. The number of rotatable bonds is 7. The molecule has 0 spiro atoms. The van der Waals surface area contributed by atoms with Crippen LogP contribution in [-0.4, -0.2) is 49.1 Å². The minimum absolute atomic E-state index is 0.163. The Kier molecular flexibility index (Phi) is 6.90. The highest BCUT2D eigenvalue weighted by atomic mass is 35.5. The van der Waals surface area contributed by atoms with Gasteiger partial charge >= 0.3 is 6.09 Å². The molecule has 1 aromatic carbocycles. The summed E-state index contributed by atoms with van der Waals surface area (Å²) >= 11 is 5.69. The molecule has 2 aromatic heterocycles. The maximum atomic E-state index is 13.9. The highest BCUT2D eigenvalue weighted by Gasteiger charge is 2.39. The van der Waals surface area contributed by atoms with Gasteiger partial charge in [0.2, 0.25) is 0 Å². The number of aromatic nitrogens is 5. The zero-order chi connectivity index (χ0) is 23.5. The Morgan fingerprint density at radius 2 is 2.00 bits per heavy atom. The second-order valence-electron chi connectivity index (χ2n) is 7.98. The Morgan fingerprint density at radius 3 is 2.56 bits per heavy atom. The second kappa shape index (κ2) is 9.45. The van der Waals surface area contributed by atoms with Gasteiger partial charge in [0, 0.05) is 6.20 Å². The Balaban J connectivity index is 1.82. The van der Waals surface area contributed by atoms with Crippen molar-refractivity contribution in [2.45, 2.75) is 32.8 Å². The van der Waals surface area contributed by atoms with Crippen molar-refractivity contribution in [3.8, 4) is 17.3 Å². The van der Waals surface area contributed by atoms with Crippen LogP contribution in [0.1, 0.15) is 32.5 Å². The van der Waals surface area contributed by atoms with Crippen molar-refractivity contribution in [2.75, 3.05) is 6.61 Å². The van der Waals surface area contributed by atoms with Crippen molar-refractivity contribution in [1.82, 2.24) is 25.2 Å². The molecule has 2 atom stereocenters. The summed E-state index contributed by atoms with van der Waals surface area (Å²) in [4.78, 5) is 16.3. The van der Waals surface area contributed by atoms with Gasteiger partial charge in [0.25, 0.3) is 5.88 Å². The first-order valence-electron chi connectivity index (χ1n) is 9.54. The number of tetrazole rings is 1. The van der Waals surface area contributed by atoms with E-state index in [1.54, 1.807) is 24.3 Å². The number of pyridine rings is 1. The lowest BCUT2D eigenvalue weighted by atomic mass is 9.77. The molecule has 170 valence electrons. The van der Waals surface area contributed by atoms with E-state index in [-0.39, 0.29) is 16.7 Å². The van der Waals surface area contributed by atoms with E-state index in [0.29, 0.717) is 11.4 Å². The minimum atomic E-state index is -1.01. The number of carbonyl (C=O) groups is 1. The number of carbonyl (C=O) groups excluding carboxylic acids is 1. The van der Waals surface area contributed by atoms with Gasteiger partial charge in [-0.3, -0.25) is 0 Å². The second-order valence-corrected chi connectivity index (χ2v) is 8.41. The lowest BCUT2D eigenvalue weighted by Crippen LogP contribution is -2.38. The Bertz CT molecular complexity index is 1090. The monoisotopic (exact) mass is 464 g/mol. The average molecular weight is 465 g/mol. The normalized spacial score (nSPS) is 13.4. The zero-order valence-corrected chi connectivity index (χ0v) is 18.3. The lowest BCUT2D eigenvalue weighted by Gasteiger charge is -2.33. The highest BCUT2D eigenvalue weighted by Crippen LogP contribution is 2.37. The molecule has 0 radical (unpaired) electrons. The third-order valence-electron chi connectivity index (χ3n) is 4.52. The van der Waals surface area contributed by atoms with Crippen LogP contribution in [0.2, 0.25) is 5.02 Å². The standard InChI is InChI=1S/C20H22ClFN6O4/c1-20(2,3)16(15(10-29)32-19(23)30)17-25-27-28(26-17)12-4-6-13(7-5-12)31-18-14(22)8-11(21)9-24-18/h4-9,15-16,29H,10H2,1-3H3,(H2,23,30). The van der Waals surface area contributed by atoms with Crippen LogP contribution in [0.5, 0.6) is 11.6 Å². The van der Waals surface area contributed by atoms with E-state index in [1.807, 2.05) is 20.8 Å². The topological polar surface area (TPSA) is 138 Å². The van der Waals surface area contributed by atoms with E-state index >= 15 is 0 Å². The zero-order valence-electron chi connectivity index (χ0n) is 17.6. The number of primary amides is 1. The number of nitrogens with zero attached hydrogens (tertiary/aromatic N) is 5. The lowest BCUT2D eigenvalue weighted by molar-refractivity contribution is 0.0179. The molecule has 1 amide bonds. The first kappa shape index (κ1) is 23.4. The smallest absolute Gasteiger partial charge is 0.404 e. The third-order valence-corrected chi connectivity index (χ3v) is 4.72. The molecule has 0 aliphatic carbocycles. The molecule has 32 heavy (non-hydrogen) atoms. The van der Waals surface area contributed by atoms with Gasteiger partial charge in [-0.2, -0.15) is 0 Å². The van der Waals surface area contributed by atoms with Gasteiger partial charge in [-0.15, -0.1) is 15.0 Å². The van der Waals surface area contributed by atoms with Crippen LogP contribution in [0.3, 0.4) is 0 Å².